The average Bonchev–Trinajstić information content (AvgIpc) is 3.59. The summed E-state index contributed by atoms with van der Waals surface area (Å²) in [5.41, 5.74) is 0.723. The molecule has 1 heterocycles. The van der Waals surface area contributed by atoms with E-state index in [-0.39, 0.29) is 48.3 Å². The van der Waals surface area contributed by atoms with Crippen LogP contribution in [0.25, 0.3) is 0 Å². The number of likely N-dealkylation sites (N-methyl/N-ethyl adjacent to an activating group) is 2. The third kappa shape index (κ3) is 12.2. The molecule has 1 aliphatic rings. The summed E-state index contributed by atoms with van der Waals surface area (Å²) >= 11 is 0. The first-order valence-corrected chi connectivity index (χ1v) is 19.0. The molecule has 0 aromatic heterocycles. The molecule has 0 aliphatic carbocycles. The number of likely N-dealkylation sites (tertiary alicyclic amines) is 1. The van der Waals surface area contributed by atoms with Crippen LogP contribution in [0.15, 0.2) is 30.3 Å². The molecule has 0 radical (unpaired) electrons. The number of aliphatic carboxylic acids is 1. The molecule has 13 heteroatoms. The summed E-state index contributed by atoms with van der Waals surface area (Å²) < 4.78 is 17.3. The molecule has 2 N–H and O–H groups in total. The summed E-state index contributed by atoms with van der Waals surface area (Å²) in [7, 11) is 8.39. The van der Waals surface area contributed by atoms with Crippen LogP contribution in [0.4, 0.5) is 0 Å². The minimum absolute atomic E-state index is 0.0197. The summed E-state index contributed by atoms with van der Waals surface area (Å²) in [6.45, 7) is 13.8. The van der Waals surface area contributed by atoms with Crippen LogP contribution in [0.3, 0.4) is 0 Å². The maximum absolute atomic E-state index is 14.2. The first-order valence-electron chi connectivity index (χ1n) is 19.0. The van der Waals surface area contributed by atoms with Gasteiger partial charge in [-0.25, -0.2) is 4.79 Å². The quantitative estimate of drug-likeness (QED) is 0.177. The maximum atomic E-state index is 14.2. The number of rotatable bonds is 21. The molecular weight excluding hydrogens is 680 g/mol. The molecule has 1 saturated heterocycles. The fourth-order valence-corrected chi connectivity index (χ4v) is 7.65. The number of carboxylic acids is 1. The number of amides is 3. The monoisotopic (exact) mass is 746 g/mol. The molecule has 1 unspecified atom stereocenters. The molecule has 13 nitrogen and oxygen atoms in total. The number of nitrogens with zero attached hydrogens (tertiary/aromatic N) is 3. The highest BCUT2D eigenvalue weighted by molar-refractivity contribution is 5.90. The molecule has 0 saturated carbocycles. The van der Waals surface area contributed by atoms with Crippen molar-refractivity contribution in [1.82, 2.24) is 20.0 Å². The number of benzene rings is 1. The average molecular weight is 747 g/mol. The largest absolute Gasteiger partial charge is 0.478 e. The summed E-state index contributed by atoms with van der Waals surface area (Å²) in [6.07, 6.45) is -0.813. The highest BCUT2D eigenvalue weighted by Crippen LogP contribution is 2.30. The SMILES string of the molecule is CC[C@H](C)[C@@H]([C@@H](CC(=O)N1CCC[C@H]1[C@H](OC)[C@@H](C)C(=O)O[C@@H](Cc1ccccc1)C(=O)O)OC)N(C)C(=O)C(NC(=O)[C@H](C(C)C)N(C)C)C(C)C. The van der Waals surface area contributed by atoms with Gasteiger partial charge < -0.3 is 34.4 Å². The van der Waals surface area contributed by atoms with Gasteiger partial charge >= 0.3 is 11.9 Å². The Kier molecular flexibility index (Phi) is 18.4. The van der Waals surface area contributed by atoms with Crippen LogP contribution in [0.1, 0.15) is 79.7 Å². The fourth-order valence-electron chi connectivity index (χ4n) is 7.65. The van der Waals surface area contributed by atoms with Gasteiger partial charge in [0.15, 0.2) is 0 Å². The van der Waals surface area contributed by atoms with Crippen molar-refractivity contribution in [1.29, 1.82) is 0 Å². The van der Waals surface area contributed by atoms with E-state index in [0.29, 0.717) is 25.8 Å². The van der Waals surface area contributed by atoms with E-state index in [2.05, 4.69) is 5.32 Å². The van der Waals surface area contributed by atoms with E-state index in [1.807, 2.05) is 66.6 Å². The van der Waals surface area contributed by atoms with Crippen molar-refractivity contribution < 1.29 is 43.3 Å². The second kappa shape index (κ2) is 21.4. The van der Waals surface area contributed by atoms with Gasteiger partial charge in [-0.15, -0.1) is 0 Å². The molecule has 1 aromatic carbocycles. The fraction of sp³-hybridized carbons (Fsp3) is 0.725. The molecular formula is C40H66N4O9. The number of carbonyl (C=O) groups excluding carboxylic acids is 4. The zero-order valence-corrected chi connectivity index (χ0v) is 34.0. The molecule has 9 atom stereocenters. The molecule has 53 heavy (non-hydrogen) atoms. The third-order valence-electron chi connectivity index (χ3n) is 10.7. The highest BCUT2D eigenvalue weighted by Gasteiger charge is 2.44. The lowest BCUT2D eigenvalue weighted by molar-refractivity contribution is -0.171. The lowest BCUT2D eigenvalue weighted by atomic mass is 9.89. The number of methoxy groups -OCH3 is 2. The van der Waals surface area contributed by atoms with Crippen molar-refractivity contribution in [3.8, 4) is 0 Å². The molecule has 1 aromatic rings. The van der Waals surface area contributed by atoms with Crippen LogP contribution in [0.5, 0.6) is 0 Å². The van der Waals surface area contributed by atoms with E-state index in [0.717, 1.165) is 5.56 Å². The van der Waals surface area contributed by atoms with Gasteiger partial charge in [0.25, 0.3) is 0 Å². The van der Waals surface area contributed by atoms with Crippen molar-refractivity contribution in [2.24, 2.45) is 23.7 Å². The second-order valence-corrected chi connectivity index (χ2v) is 15.4. The number of ether oxygens (including phenoxy) is 3. The Labute approximate surface area is 317 Å². The van der Waals surface area contributed by atoms with E-state index in [9.17, 15) is 29.1 Å². The Morgan fingerprint density at radius 1 is 0.943 bits per heavy atom. The van der Waals surface area contributed by atoms with Crippen LogP contribution >= 0.6 is 0 Å². The molecule has 0 bridgehead atoms. The van der Waals surface area contributed by atoms with Gasteiger partial charge in [0.1, 0.15) is 6.04 Å². The number of hydrogen-bond acceptors (Lipinski definition) is 9. The molecule has 2 rings (SSSR count). The van der Waals surface area contributed by atoms with Crippen LogP contribution in [0.2, 0.25) is 0 Å². The number of carboxylic acid groups (broad SMARTS) is 1. The van der Waals surface area contributed by atoms with Gasteiger partial charge in [-0.05, 0) is 57.2 Å². The molecule has 0 spiro atoms. The smallest absolute Gasteiger partial charge is 0.345 e. The van der Waals surface area contributed by atoms with Crippen LogP contribution < -0.4 is 5.32 Å². The van der Waals surface area contributed by atoms with Crippen molar-refractivity contribution in [2.75, 3.05) is 41.9 Å². The zero-order chi connectivity index (χ0) is 40.2. The lowest BCUT2D eigenvalue weighted by Crippen LogP contribution is -2.59. The Morgan fingerprint density at radius 2 is 1.57 bits per heavy atom. The van der Waals surface area contributed by atoms with Gasteiger partial charge in [-0.2, -0.15) is 0 Å². The van der Waals surface area contributed by atoms with Crippen LogP contribution in [-0.2, 0) is 44.6 Å². The Morgan fingerprint density at radius 3 is 2.06 bits per heavy atom. The number of carbonyl (C=O) groups is 5. The maximum Gasteiger partial charge on any atom is 0.345 e. The Hall–Kier alpha value is -3.55. The predicted molar refractivity (Wildman–Crippen MR) is 203 cm³/mol. The Bertz CT molecular complexity index is 1330. The van der Waals surface area contributed by atoms with Crippen LogP contribution in [-0.4, -0.2) is 134 Å². The second-order valence-electron chi connectivity index (χ2n) is 15.4. The van der Waals surface area contributed by atoms with Crippen molar-refractivity contribution in [3.63, 3.8) is 0 Å². The van der Waals surface area contributed by atoms with Crippen molar-refractivity contribution in [2.45, 2.75) is 123 Å². The van der Waals surface area contributed by atoms with Gasteiger partial charge in [-0.1, -0.05) is 78.3 Å². The van der Waals surface area contributed by atoms with Crippen molar-refractivity contribution in [3.05, 3.63) is 35.9 Å². The number of nitrogens with one attached hydrogen (secondary N) is 1. The normalized spacial score (nSPS) is 19.2. The highest BCUT2D eigenvalue weighted by atomic mass is 16.6. The minimum Gasteiger partial charge on any atom is -0.478 e. The molecule has 1 fully saturated rings. The van der Waals surface area contributed by atoms with E-state index in [1.54, 1.807) is 48.0 Å². The van der Waals surface area contributed by atoms with Gasteiger partial charge in [0.05, 0.1) is 42.7 Å². The molecule has 1 aliphatic heterocycles. The van der Waals surface area contributed by atoms with E-state index in [4.69, 9.17) is 14.2 Å². The number of esters is 1. The minimum atomic E-state index is -1.38. The topological polar surface area (TPSA) is 155 Å². The molecule has 300 valence electrons. The summed E-state index contributed by atoms with van der Waals surface area (Å²) in [5.74, 6) is -3.73. The first-order chi connectivity index (χ1) is 24.9. The van der Waals surface area contributed by atoms with Gasteiger partial charge in [-0.3, -0.25) is 24.1 Å². The van der Waals surface area contributed by atoms with Gasteiger partial charge in [0, 0.05) is 34.2 Å². The van der Waals surface area contributed by atoms with Gasteiger partial charge in [0.2, 0.25) is 23.8 Å². The summed E-state index contributed by atoms with van der Waals surface area (Å²) in [5, 5.41) is 12.8. The zero-order valence-electron chi connectivity index (χ0n) is 34.0. The summed E-state index contributed by atoms with van der Waals surface area (Å²) in [6, 6.07) is 6.80. The Balaban J connectivity index is 2.27. The van der Waals surface area contributed by atoms with Crippen molar-refractivity contribution >= 4 is 29.7 Å². The first kappa shape index (κ1) is 45.6. The standard InChI is InChI=1S/C40H66N4O9/c1-13-26(6)35(43(10)38(47)33(24(2)3)41-37(46)34(25(4)5)42(8)9)30(51-11)23-32(45)44-21-17-20-29(44)36(52-12)27(7)40(50)53-31(39(48)49)22-28-18-15-14-16-19-28/h14-16,18-19,24-27,29-31,33-36H,13,17,20-23H2,1-12H3,(H,41,46)(H,48,49)/t26-,27+,29-,30+,31-,33?,34-,35-,36+/m0/s1. The summed E-state index contributed by atoms with van der Waals surface area (Å²) in [4.78, 5) is 72.3. The molecule has 3 amide bonds. The van der Waals surface area contributed by atoms with E-state index in [1.165, 1.54) is 14.2 Å². The van der Waals surface area contributed by atoms with E-state index >= 15 is 0 Å². The number of hydrogen-bond donors (Lipinski definition) is 2. The van der Waals surface area contributed by atoms with Crippen LogP contribution in [0, 0.1) is 23.7 Å². The third-order valence-corrected chi connectivity index (χ3v) is 10.7. The predicted octanol–water partition coefficient (Wildman–Crippen LogP) is 3.87. The lowest BCUT2D eigenvalue weighted by Gasteiger charge is -2.41. The van der Waals surface area contributed by atoms with E-state index < -0.39 is 60.3 Å².